The lowest BCUT2D eigenvalue weighted by Crippen LogP contribution is -1.99. The molecule has 0 aliphatic carbocycles. The Morgan fingerprint density at radius 1 is 1.60 bits per heavy atom. The molecule has 0 N–H and O–H groups in total. The molecule has 0 aliphatic rings. The van der Waals surface area contributed by atoms with Crippen molar-refractivity contribution in [2.45, 2.75) is 18.4 Å². The molecule has 1 aromatic carbocycles. The summed E-state index contributed by atoms with van der Waals surface area (Å²) >= 11 is 11.0. The summed E-state index contributed by atoms with van der Waals surface area (Å²) in [6.45, 7) is 1.62. The molecule has 15 heavy (non-hydrogen) atoms. The SMILES string of the molecule is CSc1cc(Br)c(COC(C)=O)cc1Cl. The molecule has 0 saturated carbocycles. The van der Waals surface area contributed by atoms with Crippen LogP contribution in [-0.4, -0.2) is 12.2 Å². The van der Waals surface area contributed by atoms with Gasteiger partial charge in [0.05, 0.1) is 5.02 Å². The maximum absolute atomic E-state index is 10.7. The fourth-order valence-electron chi connectivity index (χ4n) is 1.02. The van der Waals surface area contributed by atoms with Crippen molar-refractivity contribution in [3.63, 3.8) is 0 Å². The predicted molar refractivity (Wildman–Crippen MR) is 66.4 cm³/mol. The zero-order valence-corrected chi connectivity index (χ0v) is 11.5. The number of carbonyl (C=O) groups is 1. The maximum Gasteiger partial charge on any atom is 0.302 e. The van der Waals surface area contributed by atoms with Gasteiger partial charge >= 0.3 is 5.97 Å². The number of ether oxygens (including phenoxy) is 1. The molecule has 0 heterocycles. The first-order valence-corrected chi connectivity index (χ1v) is 6.59. The Kier molecular flexibility index (Phi) is 4.96. The molecule has 0 aromatic heterocycles. The molecule has 0 bridgehead atoms. The maximum atomic E-state index is 10.7. The molecule has 0 radical (unpaired) electrons. The van der Waals surface area contributed by atoms with E-state index in [0.717, 1.165) is 14.9 Å². The molecular formula is C10H10BrClO2S. The molecule has 2 nitrogen and oxygen atoms in total. The van der Waals surface area contributed by atoms with Gasteiger partial charge in [0.25, 0.3) is 0 Å². The number of halogens is 2. The van der Waals surface area contributed by atoms with Crippen molar-refractivity contribution in [1.82, 2.24) is 0 Å². The first kappa shape index (κ1) is 12.9. The lowest BCUT2D eigenvalue weighted by Gasteiger charge is -2.08. The van der Waals surface area contributed by atoms with Gasteiger partial charge in [-0.05, 0) is 18.4 Å². The average molecular weight is 310 g/mol. The molecule has 0 amide bonds. The second-order valence-corrected chi connectivity index (χ2v) is 4.97. The fourth-order valence-corrected chi connectivity index (χ4v) is 2.53. The molecular weight excluding hydrogens is 300 g/mol. The number of benzene rings is 1. The Bertz CT molecular complexity index is 382. The lowest BCUT2D eigenvalue weighted by molar-refractivity contribution is -0.142. The Morgan fingerprint density at radius 3 is 2.80 bits per heavy atom. The van der Waals surface area contributed by atoms with Gasteiger partial charge in [0.15, 0.2) is 0 Å². The predicted octanol–water partition coefficient (Wildman–Crippen LogP) is 3.89. The minimum atomic E-state index is -0.299. The zero-order chi connectivity index (χ0) is 11.4. The van der Waals surface area contributed by atoms with E-state index >= 15 is 0 Å². The third-order valence-electron chi connectivity index (χ3n) is 1.75. The normalized spacial score (nSPS) is 10.1. The van der Waals surface area contributed by atoms with Gasteiger partial charge < -0.3 is 4.74 Å². The van der Waals surface area contributed by atoms with Gasteiger partial charge in [0.1, 0.15) is 6.61 Å². The third kappa shape index (κ3) is 3.70. The van der Waals surface area contributed by atoms with Crippen molar-refractivity contribution in [2.24, 2.45) is 0 Å². The lowest BCUT2D eigenvalue weighted by atomic mass is 10.2. The van der Waals surface area contributed by atoms with Gasteiger partial charge in [0, 0.05) is 21.9 Å². The summed E-state index contributed by atoms with van der Waals surface area (Å²) in [7, 11) is 0. The summed E-state index contributed by atoms with van der Waals surface area (Å²) in [6, 6.07) is 3.73. The summed E-state index contributed by atoms with van der Waals surface area (Å²) in [5.74, 6) is -0.299. The van der Waals surface area contributed by atoms with Crippen LogP contribution in [0.3, 0.4) is 0 Å². The third-order valence-corrected chi connectivity index (χ3v) is 3.69. The van der Waals surface area contributed by atoms with Gasteiger partial charge in [-0.1, -0.05) is 27.5 Å². The molecule has 1 aromatic rings. The van der Waals surface area contributed by atoms with Crippen molar-refractivity contribution in [3.05, 3.63) is 27.2 Å². The van der Waals surface area contributed by atoms with E-state index in [1.807, 2.05) is 12.3 Å². The number of esters is 1. The summed E-state index contributed by atoms with van der Waals surface area (Å²) in [6.07, 6.45) is 1.96. The summed E-state index contributed by atoms with van der Waals surface area (Å²) < 4.78 is 5.80. The van der Waals surface area contributed by atoms with Crippen molar-refractivity contribution >= 4 is 45.3 Å². The standard InChI is InChI=1S/C10H10BrClO2S/c1-6(13)14-5-7-3-9(12)10(15-2)4-8(7)11/h3-4H,5H2,1-2H3. The molecule has 0 unspecified atom stereocenters. The van der Waals surface area contributed by atoms with Crippen LogP contribution in [-0.2, 0) is 16.1 Å². The van der Waals surface area contributed by atoms with Gasteiger partial charge in [-0.15, -0.1) is 11.8 Å². The molecule has 0 saturated heterocycles. The van der Waals surface area contributed by atoms with Crippen LogP contribution in [0, 0.1) is 0 Å². The number of rotatable bonds is 3. The molecule has 0 fully saturated rings. The zero-order valence-electron chi connectivity index (χ0n) is 8.34. The highest BCUT2D eigenvalue weighted by Crippen LogP contribution is 2.31. The van der Waals surface area contributed by atoms with Gasteiger partial charge in [0.2, 0.25) is 0 Å². The highest BCUT2D eigenvalue weighted by molar-refractivity contribution is 9.10. The number of hydrogen-bond acceptors (Lipinski definition) is 3. The monoisotopic (exact) mass is 308 g/mol. The molecule has 82 valence electrons. The average Bonchev–Trinajstić information content (AvgIpc) is 2.18. The Morgan fingerprint density at radius 2 is 2.27 bits per heavy atom. The van der Waals surface area contributed by atoms with E-state index in [1.54, 1.807) is 17.8 Å². The van der Waals surface area contributed by atoms with Crippen molar-refractivity contribution < 1.29 is 9.53 Å². The minimum absolute atomic E-state index is 0.240. The molecule has 0 spiro atoms. The van der Waals surface area contributed by atoms with Crippen LogP contribution in [0.1, 0.15) is 12.5 Å². The largest absolute Gasteiger partial charge is 0.461 e. The van der Waals surface area contributed by atoms with E-state index in [0.29, 0.717) is 5.02 Å². The van der Waals surface area contributed by atoms with Gasteiger partial charge in [-0.3, -0.25) is 4.79 Å². The molecule has 5 heteroatoms. The first-order chi connectivity index (χ1) is 7.04. The van der Waals surface area contributed by atoms with E-state index in [1.165, 1.54) is 6.92 Å². The van der Waals surface area contributed by atoms with E-state index in [4.69, 9.17) is 16.3 Å². The van der Waals surface area contributed by atoms with Crippen LogP contribution in [0.4, 0.5) is 0 Å². The number of thioether (sulfide) groups is 1. The summed E-state index contributed by atoms with van der Waals surface area (Å²) in [5, 5.41) is 0.674. The highest BCUT2D eigenvalue weighted by Gasteiger charge is 2.07. The van der Waals surface area contributed by atoms with Crippen molar-refractivity contribution in [3.8, 4) is 0 Å². The minimum Gasteiger partial charge on any atom is -0.461 e. The smallest absolute Gasteiger partial charge is 0.302 e. The Hall–Kier alpha value is -0.190. The van der Waals surface area contributed by atoms with Gasteiger partial charge in [-0.25, -0.2) is 0 Å². The molecule has 0 atom stereocenters. The van der Waals surface area contributed by atoms with Gasteiger partial charge in [-0.2, -0.15) is 0 Å². The van der Waals surface area contributed by atoms with Crippen LogP contribution in [0.5, 0.6) is 0 Å². The van der Waals surface area contributed by atoms with Crippen LogP contribution in [0.2, 0.25) is 5.02 Å². The Balaban J connectivity index is 2.90. The van der Waals surface area contributed by atoms with E-state index in [9.17, 15) is 4.79 Å². The van der Waals surface area contributed by atoms with Crippen LogP contribution in [0.15, 0.2) is 21.5 Å². The summed E-state index contributed by atoms with van der Waals surface area (Å²) in [5.41, 5.74) is 0.869. The number of hydrogen-bond donors (Lipinski definition) is 0. The molecule has 0 aliphatic heterocycles. The van der Waals surface area contributed by atoms with Crippen LogP contribution >= 0.6 is 39.3 Å². The number of carbonyl (C=O) groups excluding carboxylic acids is 1. The highest BCUT2D eigenvalue weighted by atomic mass is 79.9. The second kappa shape index (κ2) is 5.77. The van der Waals surface area contributed by atoms with E-state index in [2.05, 4.69) is 15.9 Å². The second-order valence-electron chi connectivity index (χ2n) is 2.86. The van der Waals surface area contributed by atoms with Crippen molar-refractivity contribution in [1.29, 1.82) is 0 Å². The van der Waals surface area contributed by atoms with Crippen molar-refractivity contribution in [2.75, 3.05) is 6.26 Å². The molecule has 1 rings (SSSR count). The quantitative estimate of drug-likeness (QED) is 0.626. The fraction of sp³-hybridized carbons (Fsp3) is 0.300. The van der Waals surface area contributed by atoms with E-state index < -0.39 is 0 Å². The van der Waals surface area contributed by atoms with E-state index in [-0.39, 0.29) is 12.6 Å². The first-order valence-electron chi connectivity index (χ1n) is 4.20. The Labute approximate surface area is 106 Å². The van der Waals surface area contributed by atoms with Crippen LogP contribution < -0.4 is 0 Å². The summed E-state index contributed by atoms with van der Waals surface area (Å²) in [4.78, 5) is 11.7. The van der Waals surface area contributed by atoms with Crippen LogP contribution in [0.25, 0.3) is 0 Å². The topological polar surface area (TPSA) is 26.3 Å².